The maximum Gasteiger partial charge on any atom is 0.255 e. The molecule has 1 aromatic carbocycles. The summed E-state index contributed by atoms with van der Waals surface area (Å²) in [6, 6.07) is 2.16. The first-order valence-electron chi connectivity index (χ1n) is 6.59. The van der Waals surface area contributed by atoms with Gasteiger partial charge in [-0.2, -0.15) is 0 Å². The topological polar surface area (TPSA) is 46.3 Å². The van der Waals surface area contributed by atoms with Crippen LogP contribution in [0.5, 0.6) is 0 Å². The van der Waals surface area contributed by atoms with Gasteiger partial charge in [0.15, 0.2) is 11.6 Å². The third-order valence-electron chi connectivity index (χ3n) is 3.81. The Hall–Kier alpha value is -0.760. The van der Waals surface area contributed by atoms with Crippen LogP contribution in [0.1, 0.15) is 30.1 Å². The third-order valence-corrected chi connectivity index (χ3v) is 4.70. The molecule has 1 unspecified atom stereocenters. The van der Waals surface area contributed by atoms with E-state index in [2.05, 4.69) is 0 Å². The molecule has 1 aliphatic rings. The third kappa shape index (κ3) is 3.28. The summed E-state index contributed by atoms with van der Waals surface area (Å²) in [7, 11) is 0. The van der Waals surface area contributed by atoms with Crippen LogP contribution in [0.4, 0.5) is 8.78 Å². The van der Waals surface area contributed by atoms with E-state index in [-0.39, 0.29) is 17.5 Å². The second-order valence-electron chi connectivity index (χ2n) is 5.23. The Morgan fingerprint density at radius 1 is 1.35 bits per heavy atom. The van der Waals surface area contributed by atoms with Gasteiger partial charge in [-0.1, -0.05) is 0 Å². The van der Waals surface area contributed by atoms with Gasteiger partial charge >= 0.3 is 0 Å². The molecule has 1 fully saturated rings. The largest absolute Gasteiger partial charge is 0.339 e. The van der Waals surface area contributed by atoms with Crippen LogP contribution in [0.25, 0.3) is 0 Å². The molecule has 0 aliphatic carbocycles. The lowest BCUT2D eigenvalue weighted by Crippen LogP contribution is -2.42. The van der Waals surface area contributed by atoms with E-state index in [1.807, 2.05) is 29.5 Å². The molecular weight excluding hydrogens is 377 g/mol. The molecule has 1 amide bonds. The minimum Gasteiger partial charge on any atom is -0.339 e. The number of carbonyl (C=O) groups excluding carboxylic acids is 1. The van der Waals surface area contributed by atoms with Crippen molar-refractivity contribution in [3.63, 3.8) is 0 Å². The molecule has 0 radical (unpaired) electrons. The van der Waals surface area contributed by atoms with Gasteiger partial charge in [0.2, 0.25) is 0 Å². The highest BCUT2D eigenvalue weighted by atomic mass is 127. The number of hydrogen-bond acceptors (Lipinski definition) is 2. The average Bonchev–Trinajstić information content (AvgIpc) is 2.42. The number of halogens is 3. The molecule has 2 N–H and O–H groups in total. The lowest BCUT2D eigenvalue weighted by Gasteiger charge is -2.34. The van der Waals surface area contributed by atoms with Gasteiger partial charge in [-0.3, -0.25) is 4.79 Å². The number of nitrogens with zero attached hydrogens (tertiary/aromatic N) is 1. The molecule has 0 spiro atoms. The second kappa shape index (κ2) is 6.34. The van der Waals surface area contributed by atoms with Gasteiger partial charge in [-0.25, -0.2) is 8.78 Å². The Morgan fingerprint density at radius 3 is 2.45 bits per heavy atom. The van der Waals surface area contributed by atoms with Crippen LogP contribution in [-0.2, 0) is 0 Å². The van der Waals surface area contributed by atoms with Crippen molar-refractivity contribution in [2.45, 2.75) is 25.8 Å². The summed E-state index contributed by atoms with van der Waals surface area (Å²) < 4.78 is 26.8. The summed E-state index contributed by atoms with van der Waals surface area (Å²) in [5, 5.41) is 0. The van der Waals surface area contributed by atoms with Gasteiger partial charge in [-0.15, -0.1) is 0 Å². The lowest BCUT2D eigenvalue weighted by molar-refractivity contribution is 0.0679. The molecule has 1 heterocycles. The lowest BCUT2D eigenvalue weighted by atomic mass is 9.90. The van der Waals surface area contributed by atoms with Crippen molar-refractivity contribution in [1.82, 2.24) is 4.90 Å². The Balaban J connectivity index is 2.11. The quantitative estimate of drug-likeness (QED) is 0.620. The standard InChI is InChI=1S/C14H17F2IN2O/c1-8(18)9-2-4-19(5-3-9)14(20)10-6-11(15)12(16)7-13(10)17/h6-9H,2-5,18H2,1H3. The van der Waals surface area contributed by atoms with Gasteiger partial charge in [0.05, 0.1) is 5.56 Å². The number of nitrogens with two attached hydrogens (primary N) is 1. The average molecular weight is 394 g/mol. The predicted molar refractivity (Wildman–Crippen MR) is 81.4 cm³/mol. The Labute approximate surface area is 130 Å². The normalized spacial score (nSPS) is 18.1. The highest BCUT2D eigenvalue weighted by Gasteiger charge is 2.27. The van der Waals surface area contributed by atoms with Crippen LogP contribution in [0.3, 0.4) is 0 Å². The highest BCUT2D eigenvalue weighted by Crippen LogP contribution is 2.23. The zero-order valence-electron chi connectivity index (χ0n) is 11.2. The van der Waals surface area contributed by atoms with Crippen molar-refractivity contribution in [3.05, 3.63) is 32.9 Å². The smallest absolute Gasteiger partial charge is 0.255 e. The van der Waals surface area contributed by atoms with Gasteiger partial charge < -0.3 is 10.6 Å². The SMILES string of the molecule is CC(N)C1CCN(C(=O)c2cc(F)c(F)cc2I)CC1. The molecule has 1 aromatic rings. The number of hydrogen-bond donors (Lipinski definition) is 1. The van der Waals surface area contributed by atoms with Gasteiger partial charge in [0.1, 0.15) is 0 Å². The maximum atomic E-state index is 13.3. The summed E-state index contributed by atoms with van der Waals surface area (Å²) >= 11 is 1.85. The highest BCUT2D eigenvalue weighted by molar-refractivity contribution is 14.1. The summed E-state index contributed by atoms with van der Waals surface area (Å²) in [6.45, 7) is 3.20. The second-order valence-corrected chi connectivity index (χ2v) is 6.40. The Morgan fingerprint density at radius 2 is 1.90 bits per heavy atom. The van der Waals surface area contributed by atoms with Crippen LogP contribution in [-0.4, -0.2) is 29.9 Å². The summed E-state index contributed by atoms with van der Waals surface area (Å²) in [4.78, 5) is 14.0. The number of rotatable bonds is 2. The molecule has 20 heavy (non-hydrogen) atoms. The summed E-state index contributed by atoms with van der Waals surface area (Å²) in [5.41, 5.74) is 6.09. The number of piperidine rings is 1. The van der Waals surface area contributed by atoms with Crippen LogP contribution in [0, 0.1) is 21.1 Å². The summed E-state index contributed by atoms with van der Waals surface area (Å²) in [6.07, 6.45) is 1.70. The minimum absolute atomic E-state index is 0.121. The zero-order valence-corrected chi connectivity index (χ0v) is 13.4. The maximum absolute atomic E-state index is 13.3. The van der Waals surface area contributed by atoms with E-state index in [1.165, 1.54) is 0 Å². The Bertz CT molecular complexity index is 514. The summed E-state index contributed by atoms with van der Waals surface area (Å²) in [5.74, 6) is -1.74. The van der Waals surface area contributed by atoms with Crippen molar-refractivity contribution in [2.24, 2.45) is 11.7 Å². The van der Waals surface area contributed by atoms with E-state index in [1.54, 1.807) is 4.90 Å². The Kier molecular flexibility index (Phi) is 4.95. The van der Waals surface area contributed by atoms with Crippen molar-refractivity contribution >= 4 is 28.5 Å². The fourth-order valence-electron chi connectivity index (χ4n) is 2.49. The van der Waals surface area contributed by atoms with Gasteiger partial charge in [0.25, 0.3) is 5.91 Å². The number of carbonyl (C=O) groups is 1. The number of benzene rings is 1. The molecule has 1 aliphatic heterocycles. The monoisotopic (exact) mass is 394 g/mol. The number of likely N-dealkylation sites (tertiary alicyclic amines) is 1. The molecular formula is C14H17F2IN2O. The molecule has 110 valence electrons. The van der Waals surface area contributed by atoms with Crippen LogP contribution >= 0.6 is 22.6 Å². The molecule has 0 saturated carbocycles. The van der Waals surface area contributed by atoms with E-state index >= 15 is 0 Å². The molecule has 0 aromatic heterocycles. The molecule has 1 atom stereocenters. The van der Waals surface area contributed by atoms with Crippen molar-refractivity contribution < 1.29 is 13.6 Å². The van der Waals surface area contributed by atoms with E-state index in [4.69, 9.17) is 5.73 Å². The van der Waals surface area contributed by atoms with Crippen molar-refractivity contribution in [1.29, 1.82) is 0 Å². The molecule has 0 bridgehead atoms. The van der Waals surface area contributed by atoms with E-state index in [9.17, 15) is 13.6 Å². The first kappa shape index (κ1) is 15.6. The van der Waals surface area contributed by atoms with E-state index < -0.39 is 11.6 Å². The van der Waals surface area contributed by atoms with Crippen LogP contribution in [0.2, 0.25) is 0 Å². The minimum atomic E-state index is -0.987. The number of amides is 1. The fourth-order valence-corrected chi connectivity index (χ4v) is 3.14. The molecule has 1 saturated heterocycles. The van der Waals surface area contributed by atoms with Crippen molar-refractivity contribution in [3.8, 4) is 0 Å². The zero-order chi connectivity index (χ0) is 14.9. The fraction of sp³-hybridized carbons (Fsp3) is 0.500. The van der Waals surface area contributed by atoms with Crippen LogP contribution in [0.15, 0.2) is 12.1 Å². The van der Waals surface area contributed by atoms with E-state index in [0.717, 1.165) is 25.0 Å². The van der Waals surface area contributed by atoms with Gasteiger partial charge in [-0.05, 0) is 60.4 Å². The molecule has 2 rings (SSSR count). The first-order chi connectivity index (χ1) is 9.40. The molecule has 3 nitrogen and oxygen atoms in total. The van der Waals surface area contributed by atoms with Gasteiger partial charge in [0, 0.05) is 22.7 Å². The van der Waals surface area contributed by atoms with Crippen molar-refractivity contribution in [2.75, 3.05) is 13.1 Å². The first-order valence-corrected chi connectivity index (χ1v) is 7.67. The van der Waals surface area contributed by atoms with E-state index in [0.29, 0.717) is 22.6 Å². The molecule has 6 heteroatoms. The predicted octanol–water partition coefficient (Wildman–Crippen LogP) is 2.77. The van der Waals surface area contributed by atoms with Crippen LogP contribution < -0.4 is 5.73 Å².